The lowest BCUT2D eigenvalue weighted by Crippen LogP contribution is -2.40. The predicted octanol–water partition coefficient (Wildman–Crippen LogP) is 2.62. The van der Waals surface area contributed by atoms with Crippen molar-refractivity contribution in [2.24, 2.45) is 5.92 Å². The van der Waals surface area contributed by atoms with E-state index in [0.717, 1.165) is 5.56 Å². The third-order valence-corrected chi connectivity index (χ3v) is 2.71. The number of carboxylic acids is 1. The summed E-state index contributed by atoms with van der Waals surface area (Å²) in [7, 11) is 0. The molecule has 17 heavy (non-hydrogen) atoms. The maximum Gasteiger partial charge on any atom is 0.320 e. The van der Waals surface area contributed by atoms with Gasteiger partial charge in [-0.3, -0.25) is 4.79 Å². The van der Waals surface area contributed by atoms with Crippen LogP contribution in [0.15, 0.2) is 24.3 Å². The summed E-state index contributed by atoms with van der Waals surface area (Å²) in [6.45, 7) is 6.44. The molecule has 0 aliphatic heterocycles. The van der Waals surface area contributed by atoms with Crippen molar-refractivity contribution < 1.29 is 9.90 Å². The Morgan fingerprint density at radius 2 is 1.94 bits per heavy atom. The molecule has 0 aromatic heterocycles. The number of aryl methyl sites for hydroxylation is 1. The SMILES string of the molecule is Cc1ccccc1CNC(C(=O)O)C(C)C.Cl. The minimum Gasteiger partial charge on any atom is -0.480 e. The molecule has 1 aromatic carbocycles. The molecule has 2 N–H and O–H groups in total. The van der Waals surface area contributed by atoms with Crippen LogP contribution >= 0.6 is 12.4 Å². The van der Waals surface area contributed by atoms with Crippen molar-refractivity contribution in [3.8, 4) is 0 Å². The van der Waals surface area contributed by atoms with Crippen molar-refractivity contribution in [1.29, 1.82) is 0 Å². The maximum absolute atomic E-state index is 11.0. The van der Waals surface area contributed by atoms with Crippen molar-refractivity contribution in [2.75, 3.05) is 0 Å². The van der Waals surface area contributed by atoms with E-state index in [1.54, 1.807) is 0 Å². The molecular formula is C13H20ClNO2. The van der Waals surface area contributed by atoms with Crippen molar-refractivity contribution in [3.05, 3.63) is 35.4 Å². The Bertz CT molecular complexity index is 366. The first kappa shape index (κ1) is 15.9. The number of nitrogens with one attached hydrogen (secondary N) is 1. The highest BCUT2D eigenvalue weighted by Gasteiger charge is 2.20. The third-order valence-electron chi connectivity index (χ3n) is 2.71. The first-order valence-electron chi connectivity index (χ1n) is 5.53. The standard InChI is InChI=1S/C13H19NO2.ClH/c1-9(2)12(13(15)16)14-8-11-7-5-4-6-10(11)3;/h4-7,9,12,14H,8H2,1-3H3,(H,15,16);1H. The van der Waals surface area contributed by atoms with Crippen LogP contribution in [-0.4, -0.2) is 17.1 Å². The molecule has 0 amide bonds. The smallest absolute Gasteiger partial charge is 0.320 e. The average Bonchev–Trinajstić information content (AvgIpc) is 2.20. The van der Waals surface area contributed by atoms with Crippen molar-refractivity contribution in [1.82, 2.24) is 5.32 Å². The molecule has 0 aliphatic rings. The molecule has 4 heteroatoms. The Morgan fingerprint density at radius 1 is 1.35 bits per heavy atom. The zero-order valence-corrected chi connectivity index (χ0v) is 11.3. The minimum atomic E-state index is -0.788. The van der Waals surface area contributed by atoms with Gasteiger partial charge in [-0.15, -0.1) is 12.4 Å². The Hall–Kier alpha value is -1.06. The van der Waals surface area contributed by atoms with Crippen LogP contribution in [0.4, 0.5) is 0 Å². The van der Waals surface area contributed by atoms with Crippen LogP contribution in [-0.2, 0) is 11.3 Å². The summed E-state index contributed by atoms with van der Waals surface area (Å²) in [5.41, 5.74) is 2.33. The van der Waals surface area contributed by atoms with E-state index < -0.39 is 12.0 Å². The Balaban J connectivity index is 0.00000256. The number of carboxylic acid groups (broad SMARTS) is 1. The number of benzene rings is 1. The lowest BCUT2D eigenvalue weighted by molar-refractivity contribution is -0.140. The fourth-order valence-electron chi connectivity index (χ4n) is 1.64. The molecule has 3 nitrogen and oxygen atoms in total. The van der Waals surface area contributed by atoms with Crippen molar-refractivity contribution >= 4 is 18.4 Å². The van der Waals surface area contributed by atoms with Crippen LogP contribution in [0.2, 0.25) is 0 Å². The van der Waals surface area contributed by atoms with E-state index in [1.165, 1.54) is 5.56 Å². The average molecular weight is 258 g/mol. The van der Waals surface area contributed by atoms with Gasteiger partial charge < -0.3 is 10.4 Å². The second-order valence-electron chi connectivity index (χ2n) is 4.37. The van der Waals surface area contributed by atoms with Gasteiger partial charge >= 0.3 is 5.97 Å². The lowest BCUT2D eigenvalue weighted by atomic mass is 10.0. The Labute approximate surface area is 109 Å². The van der Waals surface area contributed by atoms with Crippen LogP contribution < -0.4 is 5.32 Å². The third kappa shape index (κ3) is 4.75. The lowest BCUT2D eigenvalue weighted by Gasteiger charge is -2.18. The van der Waals surface area contributed by atoms with Gasteiger partial charge in [0.05, 0.1) is 0 Å². The number of rotatable bonds is 5. The first-order valence-corrected chi connectivity index (χ1v) is 5.53. The van der Waals surface area contributed by atoms with Crippen molar-refractivity contribution in [2.45, 2.75) is 33.4 Å². The normalized spacial score (nSPS) is 12.0. The van der Waals surface area contributed by atoms with E-state index in [4.69, 9.17) is 5.11 Å². The quantitative estimate of drug-likeness (QED) is 0.853. The first-order chi connectivity index (χ1) is 7.52. The second-order valence-corrected chi connectivity index (χ2v) is 4.37. The maximum atomic E-state index is 11.0. The second kappa shape index (κ2) is 7.30. The fraction of sp³-hybridized carbons (Fsp3) is 0.462. The number of aliphatic carboxylic acids is 1. The highest BCUT2D eigenvalue weighted by Crippen LogP contribution is 2.08. The van der Waals surface area contributed by atoms with Gasteiger partial charge in [-0.05, 0) is 24.0 Å². The van der Waals surface area contributed by atoms with Crippen LogP contribution in [0.1, 0.15) is 25.0 Å². The van der Waals surface area contributed by atoms with E-state index in [-0.39, 0.29) is 18.3 Å². The number of hydrogen-bond donors (Lipinski definition) is 2. The molecule has 0 aliphatic carbocycles. The number of hydrogen-bond acceptors (Lipinski definition) is 2. The molecule has 0 fully saturated rings. The molecule has 96 valence electrons. The molecule has 1 atom stereocenters. The van der Waals surface area contributed by atoms with Gasteiger partial charge in [0.25, 0.3) is 0 Å². The molecule has 0 saturated heterocycles. The molecule has 0 heterocycles. The van der Waals surface area contributed by atoms with E-state index >= 15 is 0 Å². The molecule has 1 rings (SSSR count). The summed E-state index contributed by atoms with van der Waals surface area (Å²) in [6.07, 6.45) is 0. The zero-order chi connectivity index (χ0) is 12.1. The van der Waals surface area contributed by atoms with E-state index in [1.807, 2.05) is 45.0 Å². The van der Waals surface area contributed by atoms with Crippen LogP contribution in [0.5, 0.6) is 0 Å². The molecule has 0 spiro atoms. The molecule has 0 bridgehead atoms. The van der Waals surface area contributed by atoms with E-state index in [9.17, 15) is 4.79 Å². The van der Waals surface area contributed by atoms with Gasteiger partial charge in [0, 0.05) is 6.54 Å². The molecule has 0 saturated carbocycles. The monoisotopic (exact) mass is 257 g/mol. The van der Waals surface area contributed by atoms with Gasteiger partial charge in [-0.2, -0.15) is 0 Å². The topological polar surface area (TPSA) is 49.3 Å². The zero-order valence-electron chi connectivity index (χ0n) is 10.4. The summed E-state index contributed by atoms with van der Waals surface area (Å²) < 4.78 is 0. The summed E-state index contributed by atoms with van der Waals surface area (Å²) in [5, 5.41) is 12.1. The van der Waals surface area contributed by atoms with Gasteiger partial charge in [-0.25, -0.2) is 0 Å². The molecule has 0 radical (unpaired) electrons. The molecule has 1 unspecified atom stereocenters. The number of carbonyl (C=O) groups is 1. The van der Waals surface area contributed by atoms with Crippen LogP contribution in [0.25, 0.3) is 0 Å². The molecular weight excluding hydrogens is 238 g/mol. The Morgan fingerprint density at radius 3 is 2.41 bits per heavy atom. The van der Waals surface area contributed by atoms with E-state index in [0.29, 0.717) is 6.54 Å². The van der Waals surface area contributed by atoms with Gasteiger partial charge in [-0.1, -0.05) is 38.1 Å². The number of halogens is 1. The van der Waals surface area contributed by atoms with Gasteiger partial charge in [0.1, 0.15) is 6.04 Å². The van der Waals surface area contributed by atoms with E-state index in [2.05, 4.69) is 5.32 Å². The van der Waals surface area contributed by atoms with Gasteiger partial charge in [0.2, 0.25) is 0 Å². The summed E-state index contributed by atoms with van der Waals surface area (Å²) >= 11 is 0. The van der Waals surface area contributed by atoms with Gasteiger partial charge in [0.15, 0.2) is 0 Å². The summed E-state index contributed by atoms with van der Waals surface area (Å²) in [5.74, 6) is -0.704. The summed E-state index contributed by atoms with van der Waals surface area (Å²) in [4.78, 5) is 11.0. The van der Waals surface area contributed by atoms with Crippen LogP contribution in [0.3, 0.4) is 0 Å². The Kier molecular flexibility index (Phi) is 6.85. The minimum absolute atomic E-state index is 0. The highest BCUT2D eigenvalue weighted by molar-refractivity contribution is 5.85. The fourth-order valence-corrected chi connectivity index (χ4v) is 1.64. The highest BCUT2D eigenvalue weighted by atomic mass is 35.5. The molecule has 1 aromatic rings. The largest absolute Gasteiger partial charge is 0.480 e. The predicted molar refractivity (Wildman–Crippen MR) is 71.5 cm³/mol. The van der Waals surface area contributed by atoms with Crippen LogP contribution in [0, 0.1) is 12.8 Å². The van der Waals surface area contributed by atoms with Crippen molar-refractivity contribution in [3.63, 3.8) is 0 Å². The summed E-state index contributed by atoms with van der Waals surface area (Å²) in [6, 6.07) is 7.51.